The second-order valence-corrected chi connectivity index (χ2v) is 4.15. The van der Waals surface area contributed by atoms with E-state index in [4.69, 9.17) is 4.74 Å². The van der Waals surface area contributed by atoms with Gasteiger partial charge in [-0.15, -0.1) is 0 Å². The van der Waals surface area contributed by atoms with E-state index in [9.17, 15) is 0 Å². The molecule has 0 saturated heterocycles. The molecule has 3 heteroatoms. The summed E-state index contributed by atoms with van der Waals surface area (Å²) in [6.07, 6.45) is 1.35. The van der Waals surface area contributed by atoms with Crippen molar-refractivity contribution in [3.05, 3.63) is 18.2 Å². The Morgan fingerprint density at radius 1 is 1.53 bits per heavy atom. The lowest BCUT2D eigenvalue weighted by atomic mass is 10.3. The SMILES string of the molecule is CCOc1cccc(NCC2CC2C)n1. The molecule has 0 amide bonds. The van der Waals surface area contributed by atoms with Crippen molar-refractivity contribution in [1.82, 2.24) is 4.98 Å². The quantitative estimate of drug-likeness (QED) is 0.804. The highest BCUT2D eigenvalue weighted by Crippen LogP contribution is 2.37. The van der Waals surface area contributed by atoms with Crippen molar-refractivity contribution in [1.29, 1.82) is 0 Å². The standard InChI is InChI=1S/C12H18N2O/c1-3-15-12-6-4-5-11(14-12)13-8-10-7-9(10)2/h4-6,9-10H,3,7-8H2,1-2H3,(H,13,14). The van der Waals surface area contributed by atoms with Crippen LogP contribution in [0.4, 0.5) is 5.82 Å². The highest BCUT2D eigenvalue weighted by Gasteiger charge is 2.31. The fraction of sp³-hybridized carbons (Fsp3) is 0.583. The first-order valence-corrected chi connectivity index (χ1v) is 5.63. The van der Waals surface area contributed by atoms with Crippen molar-refractivity contribution in [2.45, 2.75) is 20.3 Å². The van der Waals surface area contributed by atoms with Gasteiger partial charge in [-0.2, -0.15) is 4.98 Å². The van der Waals surface area contributed by atoms with Crippen molar-refractivity contribution in [3.63, 3.8) is 0 Å². The van der Waals surface area contributed by atoms with Gasteiger partial charge in [0.15, 0.2) is 0 Å². The van der Waals surface area contributed by atoms with Gasteiger partial charge in [-0.25, -0.2) is 0 Å². The molecule has 1 fully saturated rings. The summed E-state index contributed by atoms with van der Waals surface area (Å²) in [6.45, 7) is 5.95. The zero-order valence-corrected chi connectivity index (χ0v) is 9.36. The van der Waals surface area contributed by atoms with Crippen molar-refractivity contribution in [2.24, 2.45) is 11.8 Å². The molecule has 0 bridgehead atoms. The number of pyridine rings is 1. The van der Waals surface area contributed by atoms with E-state index in [0.717, 1.165) is 24.2 Å². The molecule has 0 radical (unpaired) electrons. The Morgan fingerprint density at radius 2 is 2.33 bits per heavy atom. The van der Waals surface area contributed by atoms with Crippen LogP contribution in [-0.2, 0) is 0 Å². The number of hydrogen-bond donors (Lipinski definition) is 1. The molecule has 1 heterocycles. The molecule has 0 spiro atoms. The number of ether oxygens (including phenoxy) is 1. The van der Waals surface area contributed by atoms with E-state index < -0.39 is 0 Å². The third kappa shape index (κ3) is 2.85. The van der Waals surface area contributed by atoms with E-state index >= 15 is 0 Å². The molecule has 82 valence electrons. The molecule has 1 aromatic rings. The second-order valence-electron chi connectivity index (χ2n) is 4.15. The van der Waals surface area contributed by atoms with Crippen LogP contribution < -0.4 is 10.1 Å². The number of aromatic nitrogens is 1. The van der Waals surface area contributed by atoms with Gasteiger partial charge in [0.25, 0.3) is 0 Å². The van der Waals surface area contributed by atoms with Crippen LogP contribution in [0.5, 0.6) is 5.88 Å². The van der Waals surface area contributed by atoms with E-state index in [0.29, 0.717) is 12.5 Å². The lowest BCUT2D eigenvalue weighted by Crippen LogP contribution is -2.06. The van der Waals surface area contributed by atoms with E-state index in [1.165, 1.54) is 6.42 Å². The van der Waals surface area contributed by atoms with E-state index in [-0.39, 0.29) is 0 Å². The molecule has 1 aliphatic carbocycles. The predicted molar refractivity (Wildman–Crippen MR) is 61.2 cm³/mol. The molecular formula is C12H18N2O. The van der Waals surface area contributed by atoms with Crippen molar-refractivity contribution < 1.29 is 4.74 Å². The summed E-state index contributed by atoms with van der Waals surface area (Å²) in [5, 5.41) is 3.34. The van der Waals surface area contributed by atoms with Crippen LogP contribution in [-0.4, -0.2) is 18.1 Å². The number of hydrogen-bond acceptors (Lipinski definition) is 3. The maximum absolute atomic E-state index is 5.34. The van der Waals surface area contributed by atoms with Gasteiger partial charge in [-0.3, -0.25) is 0 Å². The highest BCUT2D eigenvalue weighted by atomic mass is 16.5. The Balaban J connectivity index is 1.87. The summed E-state index contributed by atoms with van der Waals surface area (Å²) in [7, 11) is 0. The Kier molecular flexibility index (Phi) is 3.09. The van der Waals surface area contributed by atoms with Crippen LogP contribution in [0.15, 0.2) is 18.2 Å². The molecule has 2 rings (SSSR count). The summed E-state index contributed by atoms with van der Waals surface area (Å²) in [4.78, 5) is 4.35. The molecular weight excluding hydrogens is 188 g/mol. The van der Waals surface area contributed by atoms with Crippen LogP contribution in [0.2, 0.25) is 0 Å². The number of anilines is 1. The Bertz CT molecular complexity index is 327. The fourth-order valence-electron chi connectivity index (χ4n) is 1.66. The van der Waals surface area contributed by atoms with Crippen LogP contribution in [0, 0.1) is 11.8 Å². The zero-order valence-electron chi connectivity index (χ0n) is 9.36. The molecule has 2 unspecified atom stereocenters. The van der Waals surface area contributed by atoms with Gasteiger partial charge >= 0.3 is 0 Å². The topological polar surface area (TPSA) is 34.1 Å². The summed E-state index contributed by atoms with van der Waals surface area (Å²) in [5.41, 5.74) is 0. The Labute approximate surface area is 90.9 Å². The van der Waals surface area contributed by atoms with Gasteiger partial charge in [0, 0.05) is 12.6 Å². The van der Waals surface area contributed by atoms with Crippen molar-refractivity contribution in [2.75, 3.05) is 18.5 Å². The Morgan fingerprint density at radius 3 is 3.00 bits per heavy atom. The fourth-order valence-corrected chi connectivity index (χ4v) is 1.66. The lowest BCUT2D eigenvalue weighted by molar-refractivity contribution is 0.327. The first-order valence-electron chi connectivity index (χ1n) is 5.63. The molecule has 1 N–H and O–H groups in total. The van der Waals surface area contributed by atoms with Crippen molar-refractivity contribution in [3.8, 4) is 5.88 Å². The zero-order chi connectivity index (χ0) is 10.7. The minimum Gasteiger partial charge on any atom is -0.478 e. The first-order chi connectivity index (χ1) is 7.29. The van der Waals surface area contributed by atoms with E-state index in [1.807, 2.05) is 25.1 Å². The summed E-state index contributed by atoms with van der Waals surface area (Å²) in [5.74, 6) is 3.33. The van der Waals surface area contributed by atoms with Crippen LogP contribution in [0.25, 0.3) is 0 Å². The predicted octanol–water partition coefficient (Wildman–Crippen LogP) is 2.55. The monoisotopic (exact) mass is 206 g/mol. The van der Waals surface area contributed by atoms with E-state index in [2.05, 4.69) is 17.2 Å². The summed E-state index contributed by atoms with van der Waals surface area (Å²) >= 11 is 0. The van der Waals surface area contributed by atoms with Gasteiger partial charge in [-0.05, 0) is 31.2 Å². The molecule has 1 aromatic heterocycles. The number of rotatable bonds is 5. The van der Waals surface area contributed by atoms with Gasteiger partial charge < -0.3 is 10.1 Å². The maximum atomic E-state index is 5.34. The van der Waals surface area contributed by atoms with E-state index in [1.54, 1.807) is 0 Å². The molecule has 1 saturated carbocycles. The van der Waals surface area contributed by atoms with Crippen LogP contribution in [0.3, 0.4) is 0 Å². The normalized spacial score (nSPS) is 23.6. The van der Waals surface area contributed by atoms with Crippen LogP contribution >= 0.6 is 0 Å². The molecule has 15 heavy (non-hydrogen) atoms. The summed E-state index contributed by atoms with van der Waals surface area (Å²) in [6, 6.07) is 5.83. The second kappa shape index (κ2) is 4.51. The molecule has 2 atom stereocenters. The lowest BCUT2D eigenvalue weighted by Gasteiger charge is -2.06. The average Bonchev–Trinajstić information content (AvgIpc) is 2.93. The van der Waals surface area contributed by atoms with Gasteiger partial charge in [0.1, 0.15) is 5.82 Å². The maximum Gasteiger partial charge on any atom is 0.215 e. The minimum absolute atomic E-state index is 0.663. The van der Waals surface area contributed by atoms with Gasteiger partial charge in [-0.1, -0.05) is 13.0 Å². The molecule has 0 aromatic carbocycles. The third-order valence-corrected chi connectivity index (χ3v) is 2.84. The first kappa shape index (κ1) is 10.3. The van der Waals surface area contributed by atoms with Gasteiger partial charge in [0.2, 0.25) is 5.88 Å². The largest absolute Gasteiger partial charge is 0.478 e. The number of nitrogens with zero attached hydrogens (tertiary/aromatic N) is 1. The van der Waals surface area contributed by atoms with Crippen molar-refractivity contribution >= 4 is 5.82 Å². The highest BCUT2D eigenvalue weighted by molar-refractivity contribution is 5.37. The average molecular weight is 206 g/mol. The smallest absolute Gasteiger partial charge is 0.215 e. The minimum atomic E-state index is 0.663. The van der Waals surface area contributed by atoms with Gasteiger partial charge in [0.05, 0.1) is 6.61 Å². The third-order valence-electron chi connectivity index (χ3n) is 2.84. The molecule has 0 aliphatic heterocycles. The summed E-state index contributed by atoms with van der Waals surface area (Å²) < 4.78 is 5.34. The van der Waals surface area contributed by atoms with Crippen LogP contribution in [0.1, 0.15) is 20.3 Å². The Hall–Kier alpha value is -1.25. The number of nitrogens with one attached hydrogen (secondary N) is 1. The molecule has 1 aliphatic rings. The molecule has 3 nitrogen and oxygen atoms in total.